The van der Waals surface area contributed by atoms with Gasteiger partial charge in [0.15, 0.2) is 0 Å². The van der Waals surface area contributed by atoms with Gasteiger partial charge in [0.25, 0.3) is 5.91 Å². The number of nitrogens with zero attached hydrogens (tertiary/aromatic N) is 4. The summed E-state index contributed by atoms with van der Waals surface area (Å²) in [5.41, 5.74) is 12.3. The Morgan fingerprint density at radius 2 is 1.58 bits per heavy atom. The van der Waals surface area contributed by atoms with Gasteiger partial charge in [-0.05, 0) is 36.2 Å². The molecule has 1 amide bonds. The molecular weight excluding hydrogens is 448 g/mol. The maximum absolute atomic E-state index is 12.7. The molecule has 7 heteroatoms. The lowest BCUT2D eigenvalue weighted by atomic mass is 10.1. The number of hydrogen-bond acceptors (Lipinski definition) is 5. The summed E-state index contributed by atoms with van der Waals surface area (Å²) < 4.78 is 2.01. The Morgan fingerprint density at radius 3 is 2.25 bits per heavy atom. The lowest BCUT2D eigenvalue weighted by Gasteiger charge is -2.10. The molecule has 7 nitrogen and oxygen atoms in total. The molecule has 0 saturated carbocycles. The highest BCUT2D eigenvalue weighted by Crippen LogP contribution is 2.27. The van der Waals surface area contributed by atoms with Crippen molar-refractivity contribution in [1.82, 2.24) is 25.1 Å². The van der Waals surface area contributed by atoms with Gasteiger partial charge in [-0.25, -0.2) is 9.97 Å². The van der Waals surface area contributed by atoms with Gasteiger partial charge < -0.3 is 11.1 Å². The van der Waals surface area contributed by atoms with Crippen molar-refractivity contribution in [3.63, 3.8) is 0 Å². The standard InChI is InChI=1S/C29H26N6O/c1-20-31-17-25(28(30)33-20)18-32-29(36)24-14-12-21(13-15-24)19-35-27(23-10-6-3-7-11-23)16-26(34-35)22-8-4-2-5-9-22/h2-17H,18-19H2,1H3,(H,32,36)(H2,30,31,33). The highest BCUT2D eigenvalue weighted by atomic mass is 16.1. The number of aromatic nitrogens is 4. The molecule has 0 atom stereocenters. The Balaban J connectivity index is 1.33. The zero-order chi connectivity index (χ0) is 24.9. The zero-order valence-corrected chi connectivity index (χ0v) is 19.9. The summed E-state index contributed by atoms with van der Waals surface area (Å²) in [4.78, 5) is 20.9. The molecule has 3 aromatic carbocycles. The summed E-state index contributed by atoms with van der Waals surface area (Å²) in [5, 5.41) is 7.78. The fourth-order valence-corrected chi connectivity index (χ4v) is 3.99. The fourth-order valence-electron chi connectivity index (χ4n) is 3.99. The van der Waals surface area contributed by atoms with Crippen molar-refractivity contribution >= 4 is 11.7 Å². The SMILES string of the molecule is Cc1ncc(CNC(=O)c2ccc(Cn3nc(-c4ccccc4)cc3-c3ccccc3)cc2)c(N)n1. The topological polar surface area (TPSA) is 98.7 Å². The normalized spacial score (nSPS) is 10.8. The molecule has 178 valence electrons. The Kier molecular flexibility index (Phi) is 6.53. The predicted molar refractivity (Wildman–Crippen MR) is 141 cm³/mol. The molecule has 0 aliphatic carbocycles. The van der Waals surface area contributed by atoms with Crippen molar-refractivity contribution in [2.75, 3.05) is 5.73 Å². The van der Waals surface area contributed by atoms with Crippen LogP contribution in [-0.2, 0) is 13.1 Å². The molecule has 2 heterocycles. The number of nitrogen functional groups attached to an aromatic ring is 1. The van der Waals surface area contributed by atoms with E-state index in [2.05, 4.69) is 45.6 Å². The van der Waals surface area contributed by atoms with Crippen molar-refractivity contribution in [2.45, 2.75) is 20.0 Å². The van der Waals surface area contributed by atoms with E-state index in [1.807, 2.05) is 65.3 Å². The Morgan fingerprint density at radius 1 is 0.917 bits per heavy atom. The second-order valence-corrected chi connectivity index (χ2v) is 8.51. The summed E-state index contributed by atoms with van der Waals surface area (Å²) >= 11 is 0. The summed E-state index contributed by atoms with van der Waals surface area (Å²) in [7, 11) is 0. The van der Waals surface area contributed by atoms with Gasteiger partial charge in [0.1, 0.15) is 11.6 Å². The molecule has 0 aliphatic rings. The van der Waals surface area contributed by atoms with Crippen LogP contribution in [0, 0.1) is 6.92 Å². The van der Waals surface area contributed by atoms with Gasteiger partial charge in [0, 0.05) is 29.4 Å². The zero-order valence-electron chi connectivity index (χ0n) is 19.9. The first-order valence-electron chi connectivity index (χ1n) is 11.7. The van der Waals surface area contributed by atoms with Gasteiger partial charge in [-0.3, -0.25) is 9.48 Å². The van der Waals surface area contributed by atoms with Gasteiger partial charge >= 0.3 is 0 Å². The molecule has 0 saturated heterocycles. The first-order valence-corrected chi connectivity index (χ1v) is 11.7. The molecule has 36 heavy (non-hydrogen) atoms. The second-order valence-electron chi connectivity index (χ2n) is 8.51. The molecule has 5 rings (SSSR count). The van der Waals surface area contributed by atoms with Crippen LogP contribution >= 0.6 is 0 Å². The van der Waals surface area contributed by atoms with E-state index in [0.29, 0.717) is 29.3 Å². The van der Waals surface area contributed by atoms with E-state index >= 15 is 0 Å². The second kappa shape index (κ2) is 10.2. The van der Waals surface area contributed by atoms with Crippen LogP contribution in [0.1, 0.15) is 27.3 Å². The summed E-state index contributed by atoms with van der Waals surface area (Å²) in [5.74, 6) is 0.792. The van der Waals surface area contributed by atoms with Gasteiger partial charge in [-0.2, -0.15) is 5.10 Å². The largest absolute Gasteiger partial charge is 0.383 e. The van der Waals surface area contributed by atoms with Gasteiger partial charge in [-0.15, -0.1) is 0 Å². The van der Waals surface area contributed by atoms with Crippen LogP contribution < -0.4 is 11.1 Å². The number of carbonyl (C=O) groups excluding carboxylic acids is 1. The molecule has 0 aliphatic heterocycles. The van der Waals surface area contributed by atoms with Crippen molar-refractivity contribution in [3.8, 4) is 22.5 Å². The van der Waals surface area contributed by atoms with E-state index in [9.17, 15) is 4.79 Å². The Hall–Kier alpha value is -4.78. The van der Waals surface area contributed by atoms with E-state index in [4.69, 9.17) is 10.8 Å². The molecule has 3 N–H and O–H groups in total. The molecule has 5 aromatic rings. The first-order chi connectivity index (χ1) is 17.6. The molecule has 0 unspecified atom stereocenters. The van der Waals surface area contributed by atoms with E-state index in [1.54, 1.807) is 13.1 Å². The minimum Gasteiger partial charge on any atom is -0.383 e. The van der Waals surface area contributed by atoms with Crippen LogP contribution in [0.3, 0.4) is 0 Å². The van der Waals surface area contributed by atoms with Crippen LogP contribution in [-0.4, -0.2) is 25.7 Å². The smallest absolute Gasteiger partial charge is 0.251 e. The van der Waals surface area contributed by atoms with Crippen molar-refractivity contribution in [3.05, 3.63) is 120 Å². The molecule has 0 bridgehead atoms. The highest BCUT2D eigenvalue weighted by Gasteiger charge is 2.13. The van der Waals surface area contributed by atoms with Crippen LogP contribution in [0.4, 0.5) is 5.82 Å². The summed E-state index contributed by atoms with van der Waals surface area (Å²) in [6.07, 6.45) is 1.64. The van der Waals surface area contributed by atoms with Crippen molar-refractivity contribution in [2.24, 2.45) is 0 Å². The fraction of sp³-hybridized carbons (Fsp3) is 0.103. The number of nitrogens with one attached hydrogen (secondary N) is 1. The maximum atomic E-state index is 12.7. The molecule has 2 aromatic heterocycles. The third-order valence-electron chi connectivity index (χ3n) is 5.93. The predicted octanol–water partition coefficient (Wildman–Crippen LogP) is 4.88. The summed E-state index contributed by atoms with van der Waals surface area (Å²) in [6, 6.07) is 30.1. The molecule has 0 spiro atoms. The van der Waals surface area contributed by atoms with E-state index < -0.39 is 0 Å². The molecular formula is C29H26N6O. The first kappa shape index (κ1) is 23.0. The van der Waals surface area contributed by atoms with Crippen LogP contribution in [0.25, 0.3) is 22.5 Å². The highest BCUT2D eigenvalue weighted by molar-refractivity contribution is 5.94. The van der Waals surface area contributed by atoms with Gasteiger partial charge in [0.2, 0.25) is 0 Å². The third-order valence-corrected chi connectivity index (χ3v) is 5.93. The van der Waals surface area contributed by atoms with Crippen molar-refractivity contribution < 1.29 is 4.79 Å². The van der Waals surface area contributed by atoms with Crippen LogP contribution in [0.15, 0.2) is 97.2 Å². The van der Waals surface area contributed by atoms with Crippen molar-refractivity contribution in [1.29, 1.82) is 0 Å². The lowest BCUT2D eigenvalue weighted by molar-refractivity contribution is 0.0951. The van der Waals surface area contributed by atoms with Crippen LogP contribution in [0.5, 0.6) is 0 Å². The number of anilines is 1. The number of benzene rings is 3. The summed E-state index contributed by atoms with van der Waals surface area (Å²) in [6.45, 7) is 2.62. The van der Waals surface area contributed by atoms with Gasteiger partial charge in [-0.1, -0.05) is 72.8 Å². The average Bonchev–Trinajstić information content (AvgIpc) is 3.33. The van der Waals surface area contributed by atoms with Gasteiger partial charge in [0.05, 0.1) is 17.9 Å². The minimum absolute atomic E-state index is 0.183. The number of aryl methyl sites for hydroxylation is 1. The third kappa shape index (κ3) is 5.15. The number of carbonyl (C=O) groups is 1. The van der Waals surface area contributed by atoms with E-state index in [0.717, 1.165) is 28.1 Å². The Labute approximate surface area is 209 Å². The lowest BCUT2D eigenvalue weighted by Crippen LogP contribution is -2.23. The average molecular weight is 475 g/mol. The minimum atomic E-state index is -0.183. The molecule has 0 fully saturated rings. The maximum Gasteiger partial charge on any atom is 0.251 e. The number of nitrogens with two attached hydrogens (primary N) is 1. The monoisotopic (exact) mass is 474 g/mol. The number of hydrogen-bond donors (Lipinski definition) is 2. The quantitative estimate of drug-likeness (QED) is 0.350. The molecule has 0 radical (unpaired) electrons. The van der Waals surface area contributed by atoms with E-state index in [1.165, 1.54) is 0 Å². The van der Waals surface area contributed by atoms with E-state index in [-0.39, 0.29) is 12.5 Å². The Bertz CT molecular complexity index is 1480. The number of amides is 1. The number of rotatable bonds is 7. The van der Waals surface area contributed by atoms with Crippen LogP contribution in [0.2, 0.25) is 0 Å².